The standard InChI is InChI=1S/C62H48N2O3/c1-3-21-41(22-4-1)63(53-33-15-31-50-48-29-13-27-44(39-17-7-8-18-39)59(48)66-61(50)53)43-35-36-52-56(37-43)65-57-38-55(46-25-11-12-26-47(46)58(52)57)64(42-23-5-2-6-24-42)54-34-16-32-51-49-30-14-28-45(40-19-9-10-20-40)60(49)67-62(51)54/h1-6,11-16,21-40H,7-10,17-20H2. The van der Waals surface area contributed by atoms with E-state index < -0.39 is 0 Å². The molecule has 0 unspecified atom stereocenters. The van der Waals surface area contributed by atoms with Crippen LogP contribution in [-0.2, 0) is 0 Å². The van der Waals surface area contributed by atoms with Crippen molar-refractivity contribution in [3.63, 3.8) is 0 Å². The van der Waals surface area contributed by atoms with Gasteiger partial charge in [0.15, 0.2) is 11.2 Å². The minimum atomic E-state index is 0.533. The summed E-state index contributed by atoms with van der Waals surface area (Å²) in [4.78, 5) is 4.68. The third kappa shape index (κ3) is 6.07. The highest BCUT2D eigenvalue weighted by Gasteiger charge is 2.28. The zero-order valence-corrected chi connectivity index (χ0v) is 37.3. The van der Waals surface area contributed by atoms with Gasteiger partial charge in [-0.1, -0.05) is 147 Å². The molecular weight excluding hydrogens is 821 g/mol. The number of anilines is 6. The molecule has 0 aliphatic heterocycles. The molecule has 2 saturated carbocycles. The van der Waals surface area contributed by atoms with E-state index in [0.29, 0.717) is 11.8 Å². The molecule has 324 valence electrons. The van der Waals surface area contributed by atoms with Crippen LogP contribution in [0.1, 0.15) is 74.3 Å². The van der Waals surface area contributed by atoms with Gasteiger partial charge in [-0.25, -0.2) is 0 Å². The lowest BCUT2D eigenvalue weighted by Gasteiger charge is -2.27. The fraction of sp³-hybridized carbons (Fsp3) is 0.161. The van der Waals surface area contributed by atoms with Crippen LogP contribution in [0, 0.1) is 0 Å². The first kappa shape index (κ1) is 38.5. The lowest BCUT2D eigenvalue weighted by atomic mass is 9.95. The number of hydrogen-bond acceptors (Lipinski definition) is 5. The van der Waals surface area contributed by atoms with E-state index in [0.717, 1.165) is 99.9 Å². The summed E-state index contributed by atoms with van der Waals surface area (Å²) in [5.41, 5.74) is 14.2. The lowest BCUT2D eigenvalue weighted by molar-refractivity contribution is 0.643. The molecule has 5 nitrogen and oxygen atoms in total. The van der Waals surface area contributed by atoms with Gasteiger partial charge in [-0.05, 0) is 103 Å². The van der Waals surface area contributed by atoms with E-state index in [-0.39, 0.29) is 0 Å². The highest BCUT2D eigenvalue weighted by molar-refractivity contribution is 6.23. The second-order valence-electron chi connectivity index (χ2n) is 18.9. The quantitative estimate of drug-likeness (QED) is 0.152. The molecule has 2 aliphatic carbocycles. The first-order chi connectivity index (χ1) is 33.2. The Morgan fingerprint density at radius 1 is 0.313 bits per heavy atom. The van der Waals surface area contributed by atoms with Gasteiger partial charge in [-0.2, -0.15) is 0 Å². The average molecular weight is 869 g/mol. The van der Waals surface area contributed by atoms with Crippen LogP contribution < -0.4 is 9.80 Å². The third-order valence-corrected chi connectivity index (χ3v) is 15.1. The van der Waals surface area contributed by atoms with Gasteiger partial charge in [-0.3, -0.25) is 0 Å². The Bertz CT molecular complexity index is 3850. The molecule has 0 atom stereocenters. The number of nitrogens with zero attached hydrogens (tertiary/aromatic N) is 2. The van der Waals surface area contributed by atoms with Gasteiger partial charge in [0.1, 0.15) is 22.3 Å². The van der Waals surface area contributed by atoms with Crippen molar-refractivity contribution in [1.29, 1.82) is 0 Å². The first-order valence-electron chi connectivity index (χ1n) is 24.2. The average Bonchev–Trinajstić information content (AvgIpc) is 4.25. The van der Waals surface area contributed by atoms with Gasteiger partial charge in [0.25, 0.3) is 0 Å². The molecule has 0 saturated heterocycles. The maximum absolute atomic E-state index is 7.10. The molecule has 2 aliphatic rings. The Labute approximate surface area is 388 Å². The van der Waals surface area contributed by atoms with Crippen LogP contribution in [-0.4, -0.2) is 0 Å². The predicted octanol–water partition coefficient (Wildman–Crippen LogP) is 18.8. The van der Waals surface area contributed by atoms with Crippen LogP contribution in [0.25, 0.3) is 76.6 Å². The summed E-state index contributed by atoms with van der Waals surface area (Å²) in [6.07, 6.45) is 9.98. The minimum Gasteiger partial charge on any atom is -0.456 e. The third-order valence-electron chi connectivity index (χ3n) is 15.1. The lowest BCUT2D eigenvalue weighted by Crippen LogP contribution is -2.10. The van der Waals surface area contributed by atoms with Crippen LogP contribution >= 0.6 is 0 Å². The van der Waals surface area contributed by atoms with Gasteiger partial charge in [-0.15, -0.1) is 0 Å². The second-order valence-corrected chi connectivity index (χ2v) is 18.9. The Morgan fingerprint density at radius 3 is 1.37 bits per heavy atom. The summed E-state index contributed by atoms with van der Waals surface area (Å²) in [6.45, 7) is 0. The van der Waals surface area contributed by atoms with Crippen molar-refractivity contribution in [2.75, 3.05) is 9.80 Å². The van der Waals surface area contributed by atoms with E-state index in [1.165, 1.54) is 73.3 Å². The van der Waals surface area contributed by atoms with Gasteiger partial charge in [0.05, 0.1) is 22.7 Å². The van der Waals surface area contributed by atoms with Crippen molar-refractivity contribution in [3.8, 4) is 0 Å². The van der Waals surface area contributed by atoms with Crippen LogP contribution in [0.15, 0.2) is 195 Å². The number of hydrogen-bond donors (Lipinski definition) is 0. The molecule has 14 rings (SSSR count). The number of benzene rings is 9. The molecule has 9 aromatic carbocycles. The van der Waals surface area contributed by atoms with Gasteiger partial charge in [0, 0.05) is 61.2 Å². The highest BCUT2D eigenvalue weighted by atomic mass is 16.3. The molecular formula is C62H48N2O3. The summed E-state index contributed by atoms with van der Waals surface area (Å²) in [6, 6.07) is 65.6. The van der Waals surface area contributed by atoms with Crippen molar-refractivity contribution in [3.05, 3.63) is 193 Å². The van der Waals surface area contributed by atoms with Crippen LogP contribution in [0.5, 0.6) is 0 Å². The summed E-state index contributed by atoms with van der Waals surface area (Å²) in [7, 11) is 0. The van der Waals surface area contributed by atoms with Gasteiger partial charge < -0.3 is 23.1 Å². The highest BCUT2D eigenvalue weighted by Crippen LogP contribution is 2.50. The van der Waals surface area contributed by atoms with E-state index in [4.69, 9.17) is 13.3 Å². The Hall–Kier alpha value is -7.76. The van der Waals surface area contributed by atoms with E-state index >= 15 is 0 Å². The smallest absolute Gasteiger partial charge is 0.159 e. The summed E-state index contributed by atoms with van der Waals surface area (Å²) >= 11 is 0. The zero-order chi connectivity index (χ0) is 44.0. The second kappa shape index (κ2) is 15.4. The molecule has 0 bridgehead atoms. The van der Waals surface area contributed by atoms with Crippen LogP contribution in [0.4, 0.5) is 34.1 Å². The maximum Gasteiger partial charge on any atom is 0.159 e. The van der Waals surface area contributed by atoms with Crippen LogP contribution in [0.3, 0.4) is 0 Å². The SMILES string of the molecule is c1ccc(N(c2ccc3c(c2)oc2cc(N(c4ccccc4)c4cccc5c4oc4c(C6CCCC6)cccc45)c4ccccc4c23)c2cccc3c2oc2c(C4CCCC4)cccc23)cc1. The molecule has 5 heteroatoms. The van der Waals surface area contributed by atoms with Crippen molar-refractivity contribution in [2.45, 2.75) is 63.2 Å². The predicted molar refractivity (Wildman–Crippen MR) is 278 cm³/mol. The first-order valence-corrected chi connectivity index (χ1v) is 24.2. The molecule has 0 amide bonds. The molecule has 3 heterocycles. The molecule has 12 aromatic rings. The fourth-order valence-electron chi connectivity index (χ4n) is 12.0. The summed E-state index contributed by atoms with van der Waals surface area (Å²) in [5.74, 6) is 1.07. The van der Waals surface area contributed by atoms with E-state index in [2.05, 4.69) is 192 Å². The molecule has 67 heavy (non-hydrogen) atoms. The molecule has 2 fully saturated rings. The summed E-state index contributed by atoms with van der Waals surface area (Å²) < 4.78 is 21.2. The Morgan fingerprint density at radius 2 is 0.791 bits per heavy atom. The fourth-order valence-corrected chi connectivity index (χ4v) is 12.0. The van der Waals surface area contributed by atoms with Crippen molar-refractivity contribution in [1.82, 2.24) is 0 Å². The largest absolute Gasteiger partial charge is 0.456 e. The zero-order valence-electron chi connectivity index (χ0n) is 37.3. The van der Waals surface area contributed by atoms with Gasteiger partial charge in [0.2, 0.25) is 0 Å². The molecule has 3 aromatic heterocycles. The van der Waals surface area contributed by atoms with Gasteiger partial charge >= 0.3 is 0 Å². The normalized spacial score (nSPS) is 14.9. The molecule has 0 radical (unpaired) electrons. The van der Waals surface area contributed by atoms with E-state index in [1.54, 1.807) is 0 Å². The maximum atomic E-state index is 7.10. The topological polar surface area (TPSA) is 45.9 Å². The number of rotatable bonds is 8. The summed E-state index contributed by atoms with van der Waals surface area (Å²) in [5, 5.41) is 9.05. The number of furan rings is 3. The molecule has 0 N–H and O–H groups in total. The number of para-hydroxylation sites is 6. The number of fused-ring (bicyclic) bond motifs is 11. The van der Waals surface area contributed by atoms with E-state index in [1.807, 2.05) is 0 Å². The Kier molecular flexibility index (Phi) is 8.86. The van der Waals surface area contributed by atoms with Crippen molar-refractivity contribution in [2.24, 2.45) is 0 Å². The van der Waals surface area contributed by atoms with Crippen molar-refractivity contribution >= 4 is 111 Å². The Balaban J connectivity index is 0.961. The molecule has 0 spiro atoms. The van der Waals surface area contributed by atoms with E-state index in [9.17, 15) is 0 Å². The van der Waals surface area contributed by atoms with Crippen LogP contribution in [0.2, 0.25) is 0 Å². The monoisotopic (exact) mass is 868 g/mol. The van der Waals surface area contributed by atoms with Crippen molar-refractivity contribution < 1.29 is 13.3 Å². The minimum absolute atomic E-state index is 0.533.